The Morgan fingerprint density at radius 3 is 2.69 bits per heavy atom. The molecule has 1 aromatic carbocycles. The van der Waals surface area contributed by atoms with Gasteiger partial charge in [0.25, 0.3) is 0 Å². The van der Waals surface area contributed by atoms with Crippen LogP contribution in [-0.2, 0) is 6.54 Å². The fourth-order valence-electron chi connectivity index (χ4n) is 1.52. The van der Waals surface area contributed by atoms with Gasteiger partial charge in [0.1, 0.15) is 5.75 Å². The largest absolute Gasteiger partial charge is 0.493 e. The lowest BCUT2D eigenvalue weighted by atomic mass is 10.2. The minimum Gasteiger partial charge on any atom is -0.493 e. The van der Waals surface area contributed by atoms with Gasteiger partial charge in [0.2, 0.25) is 0 Å². The molecule has 2 nitrogen and oxygen atoms in total. The van der Waals surface area contributed by atoms with Crippen LogP contribution in [0.4, 0.5) is 0 Å². The fraction of sp³-hybridized carbons (Fsp3) is 0.571. The SMILES string of the molecule is CCCCOc1ccccc1CNCCC. The van der Waals surface area contributed by atoms with Crippen molar-refractivity contribution in [3.63, 3.8) is 0 Å². The van der Waals surface area contributed by atoms with Crippen molar-refractivity contribution in [1.29, 1.82) is 0 Å². The Labute approximate surface area is 99.0 Å². The molecular formula is C14H23NO. The quantitative estimate of drug-likeness (QED) is 0.680. The number of benzene rings is 1. The molecule has 0 aliphatic carbocycles. The van der Waals surface area contributed by atoms with Crippen molar-refractivity contribution in [2.24, 2.45) is 0 Å². The standard InChI is InChI=1S/C14H23NO/c1-3-5-11-16-14-9-7-6-8-13(14)12-15-10-4-2/h6-9,15H,3-5,10-12H2,1-2H3. The number of hydrogen-bond acceptors (Lipinski definition) is 2. The van der Waals surface area contributed by atoms with Crippen molar-refractivity contribution < 1.29 is 4.74 Å². The molecule has 0 unspecified atom stereocenters. The Balaban J connectivity index is 2.46. The van der Waals surface area contributed by atoms with Gasteiger partial charge in [0.05, 0.1) is 6.61 Å². The molecule has 16 heavy (non-hydrogen) atoms. The number of rotatable bonds is 8. The lowest BCUT2D eigenvalue weighted by Crippen LogP contribution is -2.14. The van der Waals surface area contributed by atoms with Crippen LogP contribution in [0.25, 0.3) is 0 Å². The van der Waals surface area contributed by atoms with Crippen LogP contribution in [0, 0.1) is 0 Å². The first kappa shape index (κ1) is 13.0. The molecule has 0 aromatic heterocycles. The highest BCUT2D eigenvalue weighted by Crippen LogP contribution is 2.17. The summed E-state index contributed by atoms with van der Waals surface area (Å²) in [5.74, 6) is 1.03. The molecule has 1 aromatic rings. The predicted octanol–water partition coefficient (Wildman–Crippen LogP) is 3.37. The fourth-order valence-corrected chi connectivity index (χ4v) is 1.52. The number of nitrogens with one attached hydrogen (secondary N) is 1. The van der Waals surface area contributed by atoms with E-state index in [4.69, 9.17) is 4.74 Å². The minimum atomic E-state index is 0.821. The first-order valence-corrected chi connectivity index (χ1v) is 6.30. The monoisotopic (exact) mass is 221 g/mol. The molecule has 0 saturated heterocycles. The zero-order valence-electron chi connectivity index (χ0n) is 10.5. The van der Waals surface area contributed by atoms with Crippen LogP contribution in [0.5, 0.6) is 5.75 Å². The highest BCUT2D eigenvalue weighted by molar-refractivity contribution is 5.33. The van der Waals surface area contributed by atoms with Gasteiger partial charge in [-0.05, 0) is 25.5 Å². The van der Waals surface area contributed by atoms with Crippen molar-refractivity contribution >= 4 is 0 Å². The molecular weight excluding hydrogens is 198 g/mol. The van der Waals surface area contributed by atoms with Gasteiger partial charge >= 0.3 is 0 Å². The molecule has 0 bridgehead atoms. The van der Waals surface area contributed by atoms with Crippen LogP contribution in [-0.4, -0.2) is 13.2 Å². The first-order valence-electron chi connectivity index (χ1n) is 6.30. The number of para-hydroxylation sites is 1. The summed E-state index contributed by atoms with van der Waals surface area (Å²) in [5.41, 5.74) is 1.26. The summed E-state index contributed by atoms with van der Waals surface area (Å²) >= 11 is 0. The summed E-state index contributed by atoms with van der Waals surface area (Å²) < 4.78 is 5.77. The van der Waals surface area contributed by atoms with Crippen LogP contribution < -0.4 is 10.1 Å². The topological polar surface area (TPSA) is 21.3 Å². The van der Waals surface area contributed by atoms with Crippen LogP contribution in [0.1, 0.15) is 38.7 Å². The summed E-state index contributed by atoms with van der Waals surface area (Å²) in [5, 5.41) is 3.40. The third-order valence-electron chi connectivity index (χ3n) is 2.47. The van der Waals surface area contributed by atoms with Crippen molar-refractivity contribution in [3.05, 3.63) is 29.8 Å². The molecule has 0 fully saturated rings. The molecule has 90 valence electrons. The number of unbranched alkanes of at least 4 members (excludes halogenated alkanes) is 1. The van der Waals surface area contributed by atoms with Gasteiger partial charge in [-0.15, -0.1) is 0 Å². The van der Waals surface area contributed by atoms with E-state index in [0.29, 0.717) is 0 Å². The molecule has 0 spiro atoms. The maximum Gasteiger partial charge on any atom is 0.123 e. The smallest absolute Gasteiger partial charge is 0.123 e. The molecule has 0 amide bonds. The summed E-state index contributed by atoms with van der Waals surface area (Å²) in [6, 6.07) is 8.28. The van der Waals surface area contributed by atoms with E-state index in [1.54, 1.807) is 0 Å². The van der Waals surface area contributed by atoms with Crippen molar-refractivity contribution in [2.75, 3.05) is 13.2 Å². The Morgan fingerprint density at radius 1 is 1.12 bits per heavy atom. The van der Waals surface area contributed by atoms with Gasteiger partial charge in [-0.1, -0.05) is 38.5 Å². The van der Waals surface area contributed by atoms with Gasteiger partial charge in [-0.25, -0.2) is 0 Å². The second-order valence-corrected chi connectivity index (χ2v) is 3.99. The Kier molecular flexibility index (Phi) is 6.66. The van der Waals surface area contributed by atoms with E-state index in [9.17, 15) is 0 Å². The molecule has 2 heteroatoms. The maximum atomic E-state index is 5.77. The van der Waals surface area contributed by atoms with E-state index in [1.165, 1.54) is 18.4 Å². The van der Waals surface area contributed by atoms with E-state index in [1.807, 2.05) is 6.07 Å². The normalized spacial score (nSPS) is 10.4. The predicted molar refractivity (Wildman–Crippen MR) is 68.8 cm³/mol. The van der Waals surface area contributed by atoms with Gasteiger partial charge in [0.15, 0.2) is 0 Å². The van der Waals surface area contributed by atoms with Crippen LogP contribution in [0.2, 0.25) is 0 Å². The molecule has 0 radical (unpaired) electrons. The average Bonchev–Trinajstić information content (AvgIpc) is 2.32. The van der Waals surface area contributed by atoms with E-state index in [2.05, 4.69) is 37.4 Å². The average molecular weight is 221 g/mol. The maximum absolute atomic E-state index is 5.77. The lowest BCUT2D eigenvalue weighted by Gasteiger charge is -2.11. The van der Waals surface area contributed by atoms with E-state index in [0.717, 1.165) is 31.9 Å². The van der Waals surface area contributed by atoms with Crippen LogP contribution >= 0.6 is 0 Å². The number of hydrogen-bond donors (Lipinski definition) is 1. The van der Waals surface area contributed by atoms with Gasteiger partial charge in [0, 0.05) is 12.1 Å². The first-order chi connectivity index (χ1) is 7.88. The Bertz CT molecular complexity index is 257. The summed E-state index contributed by atoms with van der Waals surface area (Å²) in [6.07, 6.45) is 3.46. The molecule has 0 atom stereocenters. The Hall–Kier alpha value is -1.02. The summed E-state index contributed by atoms with van der Waals surface area (Å²) in [6.45, 7) is 7.13. The van der Waals surface area contributed by atoms with Crippen molar-refractivity contribution in [2.45, 2.75) is 39.7 Å². The molecule has 1 N–H and O–H groups in total. The van der Waals surface area contributed by atoms with Gasteiger partial charge < -0.3 is 10.1 Å². The third-order valence-corrected chi connectivity index (χ3v) is 2.47. The number of ether oxygens (including phenoxy) is 1. The zero-order chi connectivity index (χ0) is 11.6. The van der Waals surface area contributed by atoms with Crippen LogP contribution in [0.3, 0.4) is 0 Å². The zero-order valence-corrected chi connectivity index (χ0v) is 10.5. The third kappa shape index (κ3) is 4.67. The molecule has 1 rings (SSSR count). The van der Waals surface area contributed by atoms with E-state index >= 15 is 0 Å². The van der Waals surface area contributed by atoms with Crippen molar-refractivity contribution in [1.82, 2.24) is 5.32 Å². The second kappa shape index (κ2) is 8.17. The van der Waals surface area contributed by atoms with Gasteiger partial charge in [-0.3, -0.25) is 0 Å². The summed E-state index contributed by atoms with van der Waals surface area (Å²) in [4.78, 5) is 0. The summed E-state index contributed by atoms with van der Waals surface area (Å²) in [7, 11) is 0. The van der Waals surface area contributed by atoms with E-state index < -0.39 is 0 Å². The van der Waals surface area contributed by atoms with E-state index in [-0.39, 0.29) is 0 Å². The van der Waals surface area contributed by atoms with Gasteiger partial charge in [-0.2, -0.15) is 0 Å². The molecule has 0 aliphatic heterocycles. The van der Waals surface area contributed by atoms with Crippen molar-refractivity contribution in [3.8, 4) is 5.75 Å². The minimum absolute atomic E-state index is 0.821. The Morgan fingerprint density at radius 2 is 1.94 bits per heavy atom. The highest BCUT2D eigenvalue weighted by Gasteiger charge is 2.01. The molecule has 0 aliphatic rings. The second-order valence-electron chi connectivity index (χ2n) is 3.99. The van der Waals surface area contributed by atoms with Crippen LogP contribution in [0.15, 0.2) is 24.3 Å². The highest BCUT2D eigenvalue weighted by atomic mass is 16.5. The lowest BCUT2D eigenvalue weighted by molar-refractivity contribution is 0.305. The molecule has 0 heterocycles. The molecule has 0 saturated carbocycles.